The van der Waals surface area contributed by atoms with Crippen molar-refractivity contribution in [2.75, 3.05) is 49.6 Å². The molecule has 4 aromatic rings. The molecule has 2 heterocycles. The summed E-state index contributed by atoms with van der Waals surface area (Å²) in [6.07, 6.45) is 0. The van der Waals surface area contributed by atoms with Crippen LogP contribution < -0.4 is 10.6 Å². The van der Waals surface area contributed by atoms with E-state index in [2.05, 4.69) is 20.5 Å². The quantitative estimate of drug-likeness (QED) is 0.270. The first-order chi connectivity index (χ1) is 19.3. The van der Waals surface area contributed by atoms with Crippen LogP contribution in [-0.2, 0) is 4.79 Å². The van der Waals surface area contributed by atoms with Gasteiger partial charge in [-0.05, 0) is 62.0 Å². The van der Waals surface area contributed by atoms with Crippen molar-refractivity contribution in [3.63, 3.8) is 0 Å². The third-order valence-electron chi connectivity index (χ3n) is 6.60. The summed E-state index contributed by atoms with van der Waals surface area (Å²) < 4.78 is 1.63. The van der Waals surface area contributed by atoms with Gasteiger partial charge in [0, 0.05) is 42.6 Å². The fourth-order valence-electron chi connectivity index (χ4n) is 4.28. The third kappa shape index (κ3) is 6.64. The molecule has 0 spiro atoms. The van der Waals surface area contributed by atoms with Crippen molar-refractivity contribution in [3.05, 3.63) is 82.4 Å². The van der Waals surface area contributed by atoms with Gasteiger partial charge in [0.15, 0.2) is 4.34 Å². The number of hydrogen-bond acceptors (Lipinski definition) is 7. The lowest BCUT2D eigenvalue weighted by Gasteiger charge is -2.32. The summed E-state index contributed by atoms with van der Waals surface area (Å²) in [4.78, 5) is 47.4. The molecule has 1 saturated heterocycles. The highest BCUT2D eigenvalue weighted by Gasteiger charge is 2.24. The minimum atomic E-state index is -0.343. The van der Waals surface area contributed by atoms with Gasteiger partial charge in [0.1, 0.15) is 0 Å². The number of rotatable bonds is 7. The molecule has 0 atom stereocenters. The summed E-state index contributed by atoms with van der Waals surface area (Å²) in [5.74, 6) is -0.424. The zero-order chi connectivity index (χ0) is 28.2. The molecule has 0 saturated carbocycles. The second-order valence-electron chi connectivity index (χ2n) is 9.56. The number of likely N-dealkylation sites (N-methyl/N-ethyl adjacent to an activating group) is 1. The molecule has 2 N–H and O–H groups in total. The van der Waals surface area contributed by atoms with Crippen molar-refractivity contribution in [3.8, 4) is 0 Å². The lowest BCUT2D eigenvalue weighted by Crippen LogP contribution is -2.47. The monoisotopic (exact) mass is 593 g/mol. The summed E-state index contributed by atoms with van der Waals surface area (Å²) >= 11 is 8.94. The molecule has 5 rings (SSSR count). The van der Waals surface area contributed by atoms with Crippen LogP contribution in [0.2, 0.25) is 5.02 Å². The Morgan fingerprint density at radius 3 is 2.40 bits per heavy atom. The molecule has 0 radical (unpaired) electrons. The second kappa shape index (κ2) is 12.4. The minimum Gasteiger partial charge on any atom is -0.336 e. The van der Waals surface area contributed by atoms with Crippen LogP contribution in [0.15, 0.2) is 65.0 Å². The van der Waals surface area contributed by atoms with E-state index in [0.29, 0.717) is 40.6 Å². The van der Waals surface area contributed by atoms with Gasteiger partial charge in [-0.15, -0.1) is 11.3 Å². The normalized spacial score (nSPS) is 13.8. The summed E-state index contributed by atoms with van der Waals surface area (Å²) in [6, 6.07) is 17.8. The predicted molar refractivity (Wildman–Crippen MR) is 163 cm³/mol. The molecule has 1 fully saturated rings. The maximum absolute atomic E-state index is 13.2. The molecule has 3 aromatic carbocycles. The van der Waals surface area contributed by atoms with Crippen molar-refractivity contribution < 1.29 is 14.4 Å². The number of amides is 3. The summed E-state index contributed by atoms with van der Waals surface area (Å²) in [5, 5.41) is 6.38. The predicted octanol–water partition coefficient (Wildman–Crippen LogP) is 5.63. The Morgan fingerprint density at radius 2 is 1.65 bits per heavy atom. The third-order valence-corrected chi connectivity index (χ3v) is 9.17. The number of thioether (sulfide) groups is 1. The molecular weight excluding hydrogens is 566 g/mol. The van der Waals surface area contributed by atoms with Gasteiger partial charge in [-0.2, -0.15) is 0 Å². The van der Waals surface area contributed by atoms with Crippen LogP contribution >= 0.6 is 34.7 Å². The SMILES string of the molecule is Cc1ccc(NC(=O)CSc2nc3ccc(NC(=O)c4ccccc4C(=O)N4CCN(C)CC4)cc3s2)cc1Cl. The highest BCUT2D eigenvalue weighted by Crippen LogP contribution is 2.32. The highest BCUT2D eigenvalue weighted by molar-refractivity contribution is 8.01. The fourth-order valence-corrected chi connectivity index (χ4v) is 6.37. The van der Waals surface area contributed by atoms with E-state index < -0.39 is 0 Å². The van der Waals surface area contributed by atoms with Crippen LogP contribution in [0.25, 0.3) is 10.2 Å². The molecule has 1 aliphatic heterocycles. The van der Waals surface area contributed by atoms with Gasteiger partial charge in [0.25, 0.3) is 11.8 Å². The Morgan fingerprint density at radius 1 is 0.950 bits per heavy atom. The summed E-state index contributed by atoms with van der Waals surface area (Å²) in [7, 11) is 2.03. The van der Waals surface area contributed by atoms with Gasteiger partial charge in [-0.1, -0.05) is 41.6 Å². The van der Waals surface area contributed by atoms with E-state index in [1.165, 1.54) is 23.1 Å². The van der Waals surface area contributed by atoms with E-state index in [1.54, 1.807) is 41.3 Å². The van der Waals surface area contributed by atoms with Crippen molar-refractivity contribution in [1.29, 1.82) is 0 Å². The number of carbonyl (C=O) groups excluding carboxylic acids is 3. The average molecular weight is 594 g/mol. The minimum absolute atomic E-state index is 0.132. The first-order valence-electron chi connectivity index (χ1n) is 12.7. The Labute approximate surface area is 245 Å². The molecule has 40 heavy (non-hydrogen) atoms. The van der Waals surface area contributed by atoms with Crippen LogP contribution in [0.3, 0.4) is 0 Å². The van der Waals surface area contributed by atoms with Crippen molar-refractivity contribution in [2.45, 2.75) is 11.3 Å². The first-order valence-corrected chi connectivity index (χ1v) is 14.9. The maximum Gasteiger partial charge on any atom is 0.256 e. The van der Waals surface area contributed by atoms with Gasteiger partial charge < -0.3 is 20.4 Å². The van der Waals surface area contributed by atoms with Gasteiger partial charge in [0.2, 0.25) is 5.91 Å². The van der Waals surface area contributed by atoms with Crippen LogP contribution in [0.1, 0.15) is 26.3 Å². The van der Waals surface area contributed by atoms with Crippen molar-refractivity contribution in [1.82, 2.24) is 14.8 Å². The number of benzene rings is 3. The fraction of sp³-hybridized carbons (Fsp3) is 0.241. The van der Waals surface area contributed by atoms with Gasteiger partial charge in [0.05, 0.1) is 27.1 Å². The van der Waals surface area contributed by atoms with E-state index in [9.17, 15) is 14.4 Å². The van der Waals surface area contributed by atoms with E-state index >= 15 is 0 Å². The topological polar surface area (TPSA) is 94.6 Å². The van der Waals surface area contributed by atoms with E-state index in [4.69, 9.17) is 11.6 Å². The Bertz CT molecular complexity index is 1580. The molecule has 206 valence electrons. The number of halogens is 1. The van der Waals surface area contributed by atoms with Crippen LogP contribution in [0, 0.1) is 6.92 Å². The molecule has 0 unspecified atom stereocenters. The number of hydrogen-bond donors (Lipinski definition) is 2. The molecule has 11 heteroatoms. The molecule has 0 aliphatic carbocycles. The number of thiazole rings is 1. The highest BCUT2D eigenvalue weighted by atomic mass is 35.5. The number of fused-ring (bicyclic) bond motifs is 1. The van der Waals surface area contributed by atoms with Crippen LogP contribution in [0.5, 0.6) is 0 Å². The zero-order valence-corrected chi connectivity index (χ0v) is 24.5. The second-order valence-corrected chi connectivity index (χ2v) is 12.2. The van der Waals surface area contributed by atoms with Gasteiger partial charge >= 0.3 is 0 Å². The summed E-state index contributed by atoms with van der Waals surface area (Å²) in [5.41, 5.74) is 3.72. The average Bonchev–Trinajstić information content (AvgIpc) is 3.36. The standard InChI is InChI=1S/C29H28ClN5O3S2/c1-18-7-8-19(15-23(18)30)31-26(36)17-39-29-33-24-10-9-20(16-25(24)40-29)32-27(37)21-5-3-4-6-22(21)28(38)35-13-11-34(2)12-14-35/h3-10,15-16H,11-14,17H2,1-2H3,(H,31,36)(H,32,37). The van der Waals surface area contributed by atoms with Crippen LogP contribution in [-0.4, -0.2) is 71.5 Å². The number of anilines is 2. The van der Waals surface area contributed by atoms with E-state index in [-0.39, 0.29) is 23.5 Å². The number of carbonyl (C=O) groups is 3. The molecular formula is C29H28ClN5O3S2. The molecule has 1 aliphatic rings. The summed E-state index contributed by atoms with van der Waals surface area (Å²) in [6.45, 7) is 4.79. The molecule has 0 bridgehead atoms. The lowest BCUT2D eigenvalue weighted by atomic mass is 10.0. The van der Waals surface area contributed by atoms with Gasteiger partial charge in [-0.3, -0.25) is 14.4 Å². The maximum atomic E-state index is 13.2. The molecule has 1 aromatic heterocycles. The Hall–Kier alpha value is -3.44. The van der Waals surface area contributed by atoms with E-state index in [0.717, 1.165) is 33.2 Å². The smallest absolute Gasteiger partial charge is 0.256 e. The number of nitrogens with one attached hydrogen (secondary N) is 2. The van der Waals surface area contributed by atoms with Crippen LogP contribution in [0.4, 0.5) is 11.4 Å². The van der Waals surface area contributed by atoms with Gasteiger partial charge in [-0.25, -0.2) is 4.98 Å². The number of piperazine rings is 1. The first kappa shape index (κ1) is 28.1. The number of nitrogens with zero attached hydrogens (tertiary/aromatic N) is 3. The lowest BCUT2D eigenvalue weighted by molar-refractivity contribution is -0.113. The number of aryl methyl sites for hydroxylation is 1. The molecule has 3 amide bonds. The zero-order valence-electron chi connectivity index (χ0n) is 22.1. The Kier molecular flexibility index (Phi) is 8.70. The van der Waals surface area contributed by atoms with E-state index in [1.807, 2.05) is 38.2 Å². The molecule has 8 nitrogen and oxygen atoms in total. The Balaban J connectivity index is 1.23. The number of aromatic nitrogens is 1. The van der Waals surface area contributed by atoms with Crippen molar-refractivity contribution >= 4 is 74.0 Å². The van der Waals surface area contributed by atoms with Crippen molar-refractivity contribution in [2.24, 2.45) is 0 Å². The largest absolute Gasteiger partial charge is 0.336 e.